The highest BCUT2D eigenvalue weighted by Gasteiger charge is 2.32. The maximum Gasteiger partial charge on any atom is 0.244 e. The number of nitrogens with one attached hydrogen (secondary N) is 1. The second-order valence-corrected chi connectivity index (χ2v) is 9.54. The molecule has 0 radical (unpaired) electrons. The van der Waals surface area contributed by atoms with Crippen molar-refractivity contribution in [2.45, 2.75) is 59.0 Å². The van der Waals surface area contributed by atoms with E-state index in [1.54, 1.807) is 6.07 Å². The van der Waals surface area contributed by atoms with Crippen LogP contribution >= 0.6 is 0 Å². The Morgan fingerprint density at radius 3 is 2.28 bits per heavy atom. The maximum absolute atomic E-state index is 13.0. The SMILES string of the molecule is CCC(C(=O)NC(C)CCc1ccccc1)N(c1ccc(C)c(C)c1)S(C)(=O)=O. The van der Waals surface area contributed by atoms with E-state index in [0.717, 1.165) is 30.2 Å². The molecule has 0 aliphatic heterocycles. The summed E-state index contributed by atoms with van der Waals surface area (Å²) >= 11 is 0. The van der Waals surface area contributed by atoms with Crippen LogP contribution in [0.3, 0.4) is 0 Å². The summed E-state index contributed by atoms with van der Waals surface area (Å²) in [5, 5.41) is 3.00. The summed E-state index contributed by atoms with van der Waals surface area (Å²) in [4.78, 5) is 13.0. The summed E-state index contributed by atoms with van der Waals surface area (Å²) in [6.45, 7) is 7.70. The van der Waals surface area contributed by atoms with E-state index in [9.17, 15) is 13.2 Å². The van der Waals surface area contributed by atoms with Gasteiger partial charge in [-0.25, -0.2) is 8.42 Å². The standard InChI is InChI=1S/C23H32N2O3S/c1-6-22(23(26)24-19(4)13-14-20-10-8-7-9-11-20)25(29(5,27)28)21-15-12-17(2)18(3)16-21/h7-12,15-16,19,22H,6,13-14H2,1-5H3,(H,24,26). The van der Waals surface area contributed by atoms with Gasteiger partial charge in [-0.2, -0.15) is 0 Å². The average molecular weight is 417 g/mol. The monoisotopic (exact) mass is 416 g/mol. The van der Waals surface area contributed by atoms with Gasteiger partial charge in [-0.1, -0.05) is 43.3 Å². The summed E-state index contributed by atoms with van der Waals surface area (Å²) in [6, 6.07) is 14.7. The van der Waals surface area contributed by atoms with E-state index < -0.39 is 16.1 Å². The Balaban J connectivity index is 2.16. The van der Waals surface area contributed by atoms with E-state index in [-0.39, 0.29) is 11.9 Å². The second-order valence-electron chi connectivity index (χ2n) is 7.69. The molecular formula is C23H32N2O3S. The Hall–Kier alpha value is -2.34. The number of anilines is 1. The Labute approximate surface area is 175 Å². The van der Waals surface area contributed by atoms with Gasteiger partial charge >= 0.3 is 0 Å². The zero-order chi connectivity index (χ0) is 21.6. The Morgan fingerprint density at radius 2 is 1.72 bits per heavy atom. The first kappa shape index (κ1) is 22.9. The van der Waals surface area contributed by atoms with E-state index in [1.807, 2.05) is 58.0 Å². The molecule has 2 atom stereocenters. The molecule has 0 aliphatic rings. The molecule has 0 fully saturated rings. The number of carbonyl (C=O) groups is 1. The Morgan fingerprint density at radius 1 is 1.07 bits per heavy atom. The number of carbonyl (C=O) groups excluding carboxylic acids is 1. The zero-order valence-electron chi connectivity index (χ0n) is 18.0. The van der Waals surface area contributed by atoms with Crippen LogP contribution in [0, 0.1) is 13.8 Å². The van der Waals surface area contributed by atoms with E-state index in [4.69, 9.17) is 0 Å². The minimum atomic E-state index is -3.62. The van der Waals surface area contributed by atoms with Crippen LogP contribution in [-0.2, 0) is 21.2 Å². The molecule has 5 nitrogen and oxygen atoms in total. The molecule has 2 aromatic carbocycles. The maximum atomic E-state index is 13.0. The second kappa shape index (κ2) is 9.92. The van der Waals surface area contributed by atoms with Crippen LogP contribution in [0.5, 0.6) is 0 Å². The van der Waals surface area contributed by atoms with Crippen LogP contribution in [0.1, 0.15) is 43.4 Å². The number of hydrogen-bond donors (Lipinski definition) is 1. The molecule has 0 heterocycles. The summed E-state index contributed by atoms with van der Waals surface area (Å²) in [7, 11) is -3.62. The van der Waals surface area contributed by atoms with Crippen molar-refractivity contribution in [2.75, 3.05) is 10.6 Å². The van der Waals surface area contributed by atoms with Crippen molar-refractivity contribution in [1.82, 2.24) is 5.32 Å². The van der Waals surface area contributed by atoms with Crippen LogP contribution in [0.15, 0.2) is 48.5 Å². The molecule has 2 unspecified atom stereocenters. The number of amides is 1. The molecule has 0 aliphatic carbocycles. The fraction of sp³-hybridized carbons (Fsp3) is 0.435. The number of nitrogens with zero attached hydrogens (tertiary/aromatic N) is 1. The van der Waals surface area contributed by atoms with Crippen LogP contribution < -0.4 is 9.62 Å². The van der Waals surface area contributed by atoms with Crippen molar-refractivity contribution in [1.29, 1.82) is 0 Å². The third-order valence-corrected chi connectivity index (χ3v) is 6.35. The smallest absolute Gasteiger partial charge is 0.244 e. The summed E-state index contributed by atoms with van der Waals surface area (Å²) < 4.78 is 26.4. The lowest BCUT2D eigenvalue weighted by molar-refractivity contribution is -0.122. The van der Waals surface area contributed by atoms with Crippen molar-refractivity contribution in [3.8, 4) is 0 Å². The number of benzene rings is 2. The zero-order valence-corrected chi connectivity index (χ0v) is 18.8. The molecule has 0 bridgehead atoms. The predicted octanol–water partition coefficient (Wildman–Crippen LogP) is 3.99. The van der Waals surface area contributed by atoms with Gasteiger partial charge in [0.1, 0.15) is 6.04 Å². The number of aryl methyl sites for hydroxylation is 3. The topological polar surface area (TPSA) is 66.5 Å². The lowest BCUT2D eigenvalue weighted by atomic mass is 10.1. The molecule has 1 N–H and O–H groups in total. The van der Waals surface area contributed by atoms with Gasteiger partial charge in [-0.3, -0.25) is 9.10 Å². The number of rotatable bonds is 9. The molecule has 158 valence electrons. The van der Waals surface area contributed by atoms with Gasteiger partial charge in [-0.15, -0.1) is 0 Å². The van der Waals surface area contributed by atoms with E-state index in [0.29, 0.717) is 12.1 Å². The first-order valence-electron chi connectivity index (χ1n) is 10.0. The third kappa shape index (κ3) is 6.32. The van der Waals surface area contributed by atoms with Crippen LogP contribution in [0.4, 0.5) is 5.69 Å². The van der Waals surface area contributed by atoms with Crippen LogP contribution in [-0.4, -0.2) is 32.7 Å². The van der Waals surface area contributed by atoms with Crippen molar-refractivity contribution in [3.63, 3.8) is 0 Å². The van der Waals surface area contributed by atoms with Gasteiger partial charge in [0.25, 0.3) is 0 Å². The highest BCUT2D eigenvalue weighted by molar-refractivity contribution is 7.92. The van der Waals surface area contributed by atoms with E-state index in [2.05, 4.69) is 17.4 Å². The van der Waals surface area contributed by atoms with Crippen molar-refractivity contribution in [3.05, 3.63) is 65.2 Å². The minimum Gasteiger partial charge on any atom is -0.352 e. The van der Waals surface area contributed by atoms with Crippen molar-refractivity contribution >= 4 is 21.6 Å². The summed E-state index contributed by atoms with van der Waals surface area (Å²) in [6.07, 6.45) is 3.18. The average Bonchev–Trinajstić information content (AvgIpc) is 2.66. The lowest BCUT2D eigenvalue weighted by Gasteiger charge is -2.31. The van der Waals surface area contributed by atoms with Crippen LogP contribution in [0.2, 0.25) is 0 Å². The predicted molar refractivity (Wildman–Crippen MR) is 120 cm³/mol. The van der Waals surface area contributed by atoms with Crippen molar-refractivity contribution in [2.24, 2.45) is 0 Å². The molecule has 2 rings (SSSR count). The summed E-state index contributed by atoms with van der Waals surface area (Å²) in [5.41, 5.74) is 3.81. The van der Waals surface area contributed by atoms with E-state index in [1.165, 1.54) is 9.87 Å². The Bertz CT molecular complexity index is 926. The fourth-order valence-electron chi connectivity index (χ4n) is 3.36. The quantitative estimate of drug-likeness (QED) is 0.672. The molecule has 2 aromatic rings. The molecule has 29 heavy (non-hydrogen) atoms. The minimum absolute atomic E-state index is 0.0575. The first-order valence-corrected chi connectivity index (χ1v) is 11.9. The molecule has 6 heteroatoms. The van der Waals surface area contributed by atoms with E-state index >= 15 is 0 Å². The van der Waals surface area contributed by atoms with Gasteiger partial charge in [0, 0.05) is 6.04 Å². The highest BCUT2D eigenvalue weighted by Crippen LogP contribution is 2.25. The third-order valence-electron chi connectivity index (χ3n) is 5.17. The molecule has 0 saturated heterocycles. The van der Waals surface area contributed by atoms with Crippen molar-refractivity contribution < 1.29 is 13.2 Å². The number of hydrogen-bond acceptors (Lipinski definition) is 3. The normalized spacial score (nSPS) is 13.6. The lowest BCUT2D eigenvalue weighted by Crippen LogP contribution is -2.51. The Kier molecular flexibility index (Phi) is 7.85. The molecular weight excluding hydrogens is 384 g/mol. The molecule has 0 spiro atoms. The van der Waals surface area contributed by atoms with Gasteiger partial charge in [0.15, 0.2) is 0 Å². The number of sulfonamides is 1. The summed E-state index contributed by atoms with van der Waals surface area (Å²) in [5.74, 6) is -0.267. The fourth-order valence-corrected chi connectivity index (χ4v) is 4.57. The molecule has 0 saturated carbocycles. The largest absolute Gasteiger partial charge is 0.352 e. The van der Waals surface area contributed by atoms with Crippen LogP contribution in [0.25, 0.3) is 0 Å². The first-order chi connectivity index (χ1) is 13.6. The van der Waals surface area contributed by atoms with Gasteiger partial charge in [-0.05, 0) is 68.9 Å². The van der Waals surface area contributed by atoms with Gasteiger partial charge in [0.2, 0.25) is 15.9 Å². The van der Waals surface area contributed by atoms with Gasteiger partial charge < -0.3 is 5.32 Å². The van der Waals surface area contributed by atoms with Gasteiger partial charge in [0.05, 0.1) is 11.9 Å². The molecule has 0 aromatic heterocycles. The highest BCUT2D eigenvalue weighted by atomic mass is 32.2. The molecule has 1 amide bonds.